The molecule has 2 aliphatic rings. The van der Waals surface area contributed by atoms with E-state index in [0.29, 0.717) is 40.5 Å². The van der Waals surface area contributed by atoms with Crippen molar-refractivity contribution in [3.63, 3.8) is 0 Å². The van der Waals surface area contributed by atoms with E-state index in [9.17, 15) is 9.18 Å². The molecule has 1 saturated heterocycles. The number of anilines is 2. The molecule has 2 N–H and O–H groups in total. The molecular formula is C22H24FN5O3. The molecule has 9 heteroatoms. The number of carbonyl (C=O) groups is 1. The number of halogens is 1. The highest BCUT2D eigenvalue weighted by Gasteiger charge is 2.30. The quantitative estimate of drug-likeness (QED) is 0.672. The van der Waals surface area contributed by atoms with Gasteiger partial charge in [0.2, 0.25) is 6.79 Å². The van der Waals surface area contributed by atoms with Gasteiger partial charge in [0.15, 0.2) is 23.0 Å². The third-order valence-electron chi connectivity index (χ3n) is 5.53. The predicted molar refractivity (Wildman–Crippen MR) is 115 cm³/mol. The molecular weight excluding hydrogens is 401 g/mol. The van der Waals surface area contributed by atoms with Gasteiger partial charge in [-0.25, -0.2) is 9.37 Å². The lowest BCUT2D eigenvalue weighted by molar-refractivity contribution is 0.102. The van der Waals surface area contributed by atoms with Gasteiger partial charge in [0.25, 0.3) is 5.91 Å². The number of hydrogen-bond acceptors (Lipinski definition) is 6. The molecule has 2 atom stereocenters. The number of carbonyl (C=O) groups excluding carboxylic acids is 1. The second-order valence-corrected chi connectivity index (χ2v) is 8.21. The van der Waals surface area contributed by atoms with Gasteiger partial charge >= 0.3 is 0 Å². The number of aromatic nitrogens is 2. The minimum absolute atomic E-state index is 0.0543. The van der Waals surface area contributed by atoms with Crippen molar-refractivity contribution in [2.75, 3.05) is 30.1 Å². The zero-order valence-corrected chi connectivity index (χ0v) is 17.6. The molecule has 1 amide bonds. The van der Waals surface area contributed by atoms with Crippen LogP contribution in [-0.2, 0) is 0 Å². The molecule has 1 aromatic carbocycles. The van der Waals surface area contributed by atoms with E-state index >= 15 is 0 Å². The summed E-state index contributed by atoms with van der Waals surface area (Å²) >= 11 is 0. The highest BCUT2D eigenvalue weighted by molar-refractivity contribution is 6.07. The monoisotopic (exact) mass is 425 g/mol. The SMILES string of the molecule is Cc1cn2cc(NC(=O)c3ccc(N4C[C@@H](C)N[C@H](C)C4)c4c3OCO4)cc(F)c2n1. The van der Waals surface area contributed by atoms with Crippen LogP contribution >= 0.6 is 0 Å². The minimum Gasteiger partial charge on any atom is -0.453 e. The Labute approximate surface area is 179 Å². The topological polar surface area (TPSA) is 80.1 Å². The number of nitrogens with zero attached hydrogens (tertiary/aromatic N) is 3. The van der Waals surface area contributed by atoms with Crippen LogP contribution in [0, 0.1) is 12.7 Å². The number of amides is 1. The second kappa shape index (κ2) is 7.42. The summed E-state index contributed by atoms with van der Waals surface area (Å²) in [5, 5.41) is 6.26. The third-order valence-corrected chi connectivity index (χ3v) is 5.53. The molecule has 5 rings (SSSR count). The predicted octanol–water partition coefficient (Wildman–Crippen LogP) is 2.95. The highest BCUT2D eigenvalue weighted by Crippen LogP contribution is 2.44. The maximum Gasteiger partial charge on any atom is 0.259 e. The molecule has 162 valence electrons. The molecule has 0 saturated carbocycles. The normalized spacial score (nSPS) is 20.3. The van der Waals surface area contributed by atoms with E-state index in [2.05, 4.69) is 34.4 Å². The van der Waals surface area contributed by atoms with Crippen molar-refractivity contribution in [2.24, 2.45) is 0 Å². The third kappa shape index (κ3) is 3.54. The number of nitrogens with one attached hydrogen (secondary N) is 2. The van der Waals surface area contributed by atoms with Gasteiger partial charge in [-0.15, -0.1) is 0 Å². The van der Waals surface area contributed by atoms with Gasteiger partial charge in [0.05, 0.1) is 22.6 Å². The zero-order chi connectivity index (χ0) is 21.7. The summed E-state index contributed by atoms with van der Waals surface area (Å²) in [5.41, 5.74) is 2.49. The van der Waals surface area contributed by atoms with Gasteiger partial charge in [-0.1, -0.05) is 0 Å². The minimum atomic E-state index is -0.506. The van der Waals surface area contributed by atoms with Crippen LogP contribution in [0.2, 0.25) is 0 Å². The summed E-state index contributed by atoms with van der Waals surface area (Å²) < 4.78 is 27.3. The lowest BCUT2D eigenvalue weighted by Crippen LogP contribution is -2.54. The van der Waals surface area contributed by atoms with Crippen LogP contribution in [0.5, 0.6) is 11.5 Å². The Balaban J connectivity index is 1.44. The Morgan fingerprint density at radius 3 is 2.71 bits per heavy atom. The Bertz CT molecular complexity index is 1170. The van der Waals surface area contributed by atoms with Crippen molar-refractivity contribution in [1.29, 1.82) is 0 Å². The van der Waals surface area contributed by atoms with Crippen LogP contribution in [-0.4, -0.2) is 47.3 Å². The van der Waals surface area contributed by atoms with Gasteiger partial charge < -0.3 is 29.4 Å². The van der Waals surface area contributed by atoms with Gasteiger partial charge in [-0.05, 0) is 32.9 Å². The van der Waals surface area contributed by atoms with E-state index in [-0.39, 0.29) is 12.4 Å². The van der Waals surface area contributed by atoms with Gasteiger partial charge in [-0.3, -0.25) is 4.79 Å². The fourth-order valence-corrected chi connectivity index (χ4v) is 4.38. The standard InChI is InChI=1S/C22H24FN5O3/c1-12-7-27(8-13(2)24-12)18-5-4-16(19-20(18)31-11-30-19)22(29)26-15-6-17(23)21-25-14(3)9-28(21)10-15/h4-6,9-10,12-13,24H,7-8,11H2,1-3H3,(H,26,29)/t12-,13-/m1/s1. The first-order valence-electron chi connectivity index (χ1n) is 10.3. The molecule has 0 unspecified atom stereocenters. The Kier molecular flexibility index (Phi) is 4.70. The molecule has 31 heavy (non-hydrogen) atoms. The van der Waals surface area contributed by atoms with E-state index in [1.54, 1.807) is 29.8 Å². The smallest absolute Gasteiger partial charge is 0.259 e. The van der Waals surface area contributed by atoms with Gasteiger partial charge in [0, 0.05) is 43.6 Å². The van der Waals surface area contributed by atoms with E-state index < -0.39 is 11.7 Å². The zero-order valence-electron chi connectivity index (χ0n) is 17.6. The summed E-state index contributed by atoms with van der Waals surface area (Å²) in [6, 6.07) is 5.54. The van der Waals surface area contributed by atoms with Crippen molar-refractivity contribution in [2.45, 2.75) is 32.9 Å². The van der Waals surface area contributed by atoms with E-state index in [1.165, 1.54) is 6.07 Å². The number of pyridine rings is 1. The summed E-state index contributed by atoms with van der Waals surface area (Å²) in [7, 11) is 0. The summed E-state index contributed by atoms with van der Waals surface area (Å²) in [4.78, 5) is 19.4. The Hall–Kier alpha value is -3.33. The van der Waals surface area contributed by atoms with Crippen LogP contribution in [0.4, 0.5) is 15.8 Å². The molecule has 2 aliphatic heterocycles. The van der Waals surface area contributed by atoms with Crippen LogP contribution < -0.4 is 25.0 Å². The maximum atomic E-state index is 14.4. The summed E-state index contributed by atoms with van der Waals surface area (Å²) in [6.45, 7) is 7.77. The molecule has 4 heterocycles. The van der Waals surface area contributed by atoms with E-state index in [1.807, 2.05) is 6.07 Å². The molecule has 2 aromatic heterocycles. The highest BCUT2D eigenvalue weighted by atomic mass is 19.1. The molecule has 0 radical (unpaired) electrons. The molecule has 0 spiro atoms. The fourth-order valence-electron chi connectivity index (χ4n) is 4.38. The van der Waals surface area contributed by atoms with Crippen molar-refractivity contribution < 1.29 is 18.7 Å². The number of imidazole rings is 1. The fraction of sp³-hybridized carbons (Fsp3) is 0.364. The number of benzene rings is 1. The maximum absolute atomic E-state index is 14.4. The van der Waals surface area contributed by atoms with E-state index in [4.69, 9.17) is 9.47 Å². The first kappa shape index (κ1) is 19.6. The number of hydrogen-bond donors (Lipinski definition) is 2. The van der Waals surface area contributed by atoms with Gasteiger partial charge in [-0.2, -0.15) is 0 Å². The number of aryl methyl sites for hydroxylation is 1. The van der Waals surface area contributed by atoms with Gasteiger partial charge in [0.1, 0.15) is 0 Å². The molecule has 3 aromatic rings. The largest absolute Gasteiger partial charge is 0.453 e. The van der Waals surface area contributed by atoms with Crippen LogP contribution in [0.15, 0.2) is 30.6 Å². The Morgan fingerprint density at radius 2 is 1.94 bits per heavy atom. The molecule has 1 fully saturated rings. The second-order valence-electron chi connectivity index (χ2n) is 8.21. The van der Waals surface area contributed by atoms with Crippen molar-refractivity contribution in [1.82, 2.24) is 14.7 Å². The Morgan fingerprint density at radius 1 is 1.19 bits per heavy atom. The lowest BCUT2D eigenvalue weighted by atomic mass is 10.1. The molecule has 0 bridgehead atoms. The number of piperazine rings is 1. The van der Waals surface area contributed by atoms with E-state index in [0.717, 1.165) is 18.8 Å². The van der Waals surface area contributed by atoms with Crippen LogP contribution in [0.1, 0.15) is 29.9 Å². The molecule has 0 aliphatic carbocycles. The van der Waals surface area contributed by atoms with Crippen molar-refractivity contribution >= 4 is 22.9 Å². The number of rotatable bonds is 3. The molecule has 8 nitrogen and oxygen atoms in total. The average molecular weight is 425 g/mol. The summed E-state index contributed by atoms with van der Waals surface area (Å²) in [6.07, 6.45) is 3.33. The number of fused-ring (bicyclic) bond motifs is 2. The summed E-state index contributed by atoms with van der Waals surface area (Å²) in [5.74, 6) is 0.0774. The first-order valence-corrected chi connectivity index (χ1v) is 10.3. The van der Waals surface area contributed by atoms with Crippen molar-refractivity contribution in [3.05, 3.63) is 47.7 Å². The van der Waals surface area contributed by atoms with Crippen LogP contribution in [0.25, 0.3) is 5.65 Å². The van der Waals surface area contributed by atoms with Crippen LogP contribution in [0.3, 0.4) is 0 Å². The van der Waals surface area contributed by atoms with Crippen molar-refractivity contribution in [3.8, 4) is 11.5 Å². The number of ether oxygens (including phenoxy) is 2. The first-order chi connectivity index (χ1) is 14.9. The lowest BCUT2D eigenvalue weighted by Gasteiger charge is -2.38. The average Bonchev–Trinajstić information content (AvgIpc) is 3.33.